The predicted molar refractivity (Wildman–Crippen MR) is 62.4 cm³/mol. The standard InChI is InChI=1S/C8H13N3O3S2/c1-16(13,14)11-4-2-10(3-5-11)8-9-7(12)6-15-8/h6,12H,2-5H2,1H3. The van der Waals surface area contributed by atoms with Gasteiger partial charge in [0, 0.05) is 26.2 Å². The van der Waals surface area contributed by atoms with Gasteiger partial charge in [0.05, 0.1) is 11.6 Å². The molecule has 1 aliphatic heterocycles. The van der Waals surface area contributed by atoms with Crippen molar-refractivity contribution in [1.82, 2.24) is 9.29 Å². The summed E-state index contributed by atoms with van der Waals surface area (Å²) in [7, 11) is -3.09. The Morgan fingerprint density at radius 2 is 2.00 bits per heavy atom. The largest absolute Gasteiger partial charge is 0.493 e. The average Bonchev–Trinajstić information content (AvgIpc) is 2.64. The van der Waals surface area contributed by atoms with Gasteiger partial charge in [-0.2, -0.15) is 9.29 Å². The molecule has 1 aliphatic rings. The second kappa shape index (κ2) is 4.19. The highest BCUT2D eigenvalue weighted by Gasteiger charge is 2.24. The lowest BCUT2D eigenvalue weighted by Crippen LogP contribution is -2.48. The number of hydrogen-bond donors (Lipinski definition) is 1. The molecule has 1 N–H and O–H groups in total. The highest BCUT2D eigenvalue weighted by molar-refractivity contribution is 7.88. The molecule has 0 radical (unpaired) electrons. The van der Waals surface area contributed by atoms with Crippen molar-refractivity contribution in [3.05, 3.63) is 5.38 Å². The van der Waals surface area contributed by atoms with Crippen LogP contribution in [0, 0.1) is 0 Å². The molecule has 0 unspecified atom stereocenters. The van der Waals surface area contributed by atoms with Crippen molar-refractivity contribution in [2.75, 3.05) is 37.3 Å². The number of hydrogen-bond acceptors (Lipinski definition) is 6. The van der Waals surface area contributed by atoms with Crippen molar-refractivity contribution >= 4 is 26.5 Å². The number of thiazole rings is 1. The maximum atomic E-state index is 11.3. The van der Waals surface area contributed by atoms with Crippen LogP contribution in [0.3, 0.4) is 0 Å². The van der Waals surface area contributed by atoms with Crippen LogP contribution in [0.25, 0.3) is 0 Å². The Morgan fingerprint density at radius 3 is 2.44 bits per heavy atom. The van der Waals surface area contributed by atoms with Crippen LogP contribution in [0.1, 0.15) is 0 Å². The lowest BCUT2D eigenvalue weighted by atomic mass is 10.4. The molecule has 0 saturated carbocycles. The number of anilines is 1. The van der Waals surface area contributed by atoms with Crippen molar-refractivity contribution < 1.29 is 13.5 Å². The van der Waals surface area contributed by atoms with Gasteiger partial charge in [-0.1, -0.05) is 0 Å². The van der Waals surface area contributed by atoms with Crippen LogP contribution in [0.5, 0.6) is 5.88 Å². The number of nitrogens with zero attached hydrogens (tertiary/aromatic N) is 3. The van der Waals surface area contributed by atoms with Crippen molar-refractivity contribution in [3.8, 4) is 5.88 Å². The summed E-state index contributed by atoms with van der Waals surface area (Å²) in [6.45, 7) is 2.17. The predicted octanol–water partition coefficient (Wildman–Crippen LogP) is -0.0697. The molecule has 16 heavy (non-hydrogen) atoms. The Morgan fingerprint density at radius 1 is 1.38 bits per heavy atom. The van der Waals surface area contributed by atoms with E-state index in [9.17, 15) is 8.42 Å². The first-order chi connectivity index (χ1) is 7.47. The summed E-state index contributed by atoms with van der Waals surface area (Å²) >= 11 is 1.36. The Bertz CT molecular complexity index is 463. The second-order valence-corrected chi connectivity index (χ2v) is 6.46. The minimum absolute atomic E-state index is 0.0190. The van der Waals surface area contributed by atoms with E-state index in [0.717, 1.165) is 5.13 Å². The highest BCUT2D eigenvalue weighted by atomic mass is 32.2. The van der Waals surface area contributed by atoms with Crippen molar-refractivity contribution in [1.29, 1.82) is 0 Å². The first-order valence-electron chi connectivity index (χ1n) is 4.81. The molecule has 0 aliphatic carbocycles. The Labute approximate surface area is 98.2 Å². The van der Waals surface area contributed by atoms with Gasteiger partial charge in [-0.05, 0) is 0 Å². The molecule has 0 bridgehead atoms. The molecule has 1 aromatic heterocycles. The van der Waals surface area contributed by atoms with E-state index in [1.165, 1.54) is 21.9 Å². The molecular formula is C8H13N3O3S2. The third-order valence-corrected chi connectivity index (χ3v) is 4.65. The zero-order valence-corrected chi connectivity index (χ0v) is 10.5. The summed E-state index contributed by atoms with van der Waals surface area (Å²) in [5, 5.41) is 11.4. The summed E-state index contributed by atoms with van der Waals surface area (Å²) in [4.78, 5) is 5.93. The van der Waals surface area contributed by atoms with Crippen LogP contribution >= 0.6 is 11.3 Å². The topological polar surface area (TPSA) is 73.7 Å². The van der Waals surface area contributed by atoms with E-state index < -0.39 is 10.0 Å². The molecule has 0 aromatic carbocycles. The van der Waals surface area contributed by atoms with Crippen molar-refractivity contribution in [2.24, 2.45) is 0 Å². The fourth-order valence-corrected chi connectivity index (χ4v) is 3.18. The number of piperazine rings is 1. The fraction of sp³-hybridized carbons (Fsp3) is 0.625. The smallest absolute Gasteiger partial charge is 0.223 e. The average molecular weight is 263 g/mol. The molecule has 2 rings (SSSR count). The van der Waals surface area contributed by atoms with Gasteiger partial charge < -0.3 is 10.0 Å². The van der Waals surface area contributed by atoms with E-state index in [2.05, 4.69) is 4.98 Å². The number of rotatable bonds is 2. The van der Waals surface area contributed by atoms with E-state index in [-0.39, 0.29) is 5.88 Å². The third-order valence-electron chi connectivity index (χ3n) is 2.46. The molecule has 1 aromatic rings. The van der Waals surface area contributed by atoms with E-state index >= 15 is 0 Å². The van der Waals surface area contributed by atoms with Crippen LogP contribution in [0.15, 0.2) is 5.38 Å². The first-order valence-corrected chi connectivity index (χ1v) is 7.54. The van der Waals surface area contributed by atoms with Crippen LogP contribution < -0.4 is 4.90 Å². The Hall–Kier alpha value is -0.860. The van der Waals surface area contributed by atoms with E-state index in [1.54, 1.807) is 5.38 Å². The van der Waals surface area contributed by atoms with Crippen LogP contribution in [-0.2, 0) is 10.0 Å². The van der Waals surface area contributed by atoms with Gasteiger partial charge in [0.2, 0.25) is 15.9 Å². The monoisotopic (exact) mass is 263 g/mol. The molecule has 0 atom stereocenters. The number of aromatic nitrogens is 1. The normalized spacial score (nSPS) is 18.9. The summed E-state index contributed by atoms with van der Waals surface area (Å²) in [6.07, 6.45) is 1.22. The summed E-state index contributed by atoms with van der Waals surface area (Å²) < 4.78 is 24.0. The molecule has 0 spiro atoms. The van der Waals surface area contributed by atoms with E-state index in [4.69, 9.17) is 5.11 Å². The first kappa shape index (κ1) is 11.6. The SMILES string of the molecule is CS(=O)(=O)N1CCN(c2nc(O)cs2)CC1. The minimum Gasteiger partial charge on any atom is -0.493 e. The molecule has 0 amide bonds. The Balaban J connectivity index is 2.00. The van der Waals surface area contributed by atoms with Gasteiger partial charge in [-0.25, -0.2) is 8.42 Å². The van der Waals surface area contributed by atoms with Gasteiger partial charge >= 0.3 is 0 Å². The second-order valence-electron chi connectivity index (χ2n) is 3.64. The minimum atomic E-state index is -3.09. The van der Waals surface area contributed by atoms with E-state index in [1.807, 2.05) is 4.90 Å². The summed E-state index contributed by atoms with van der Waals surface area (Å²) in [5.74, 6) is 0.0190. The molecule has 1 saturated heterocycles. The molecule has 2 heterocycles. The number of sulfonamides is 1. The van der Waals surface area contributed by atoms with Gasteiger partial charge in [-0.3, -0.25) is 0 Å². The highest BCUT2D eigenvalue weighted by Crippen LogP contribution is 2.24. The molecule has 6 nitrogen and oxygen atoms in total. The molecule has 8 heteroatoms. The van der Waals surface area contributed by atoms with E-state index in [0.29, 0.717) is 26.2 Å². The van der Waals surface area contributed by atoms with Gasteiger partial charge in [0.15, 0.2) is 5.13 Å². The summed E-state index contributed by atoms with van der Waals surface area (Å²) in [5.41, 5.74) is 0. The molecule has 90 valence electrons. The van der Waals surface area contributed by atoms with Gasteiger partial charge in [0.25, 0.3) is 0 Å². The fourth-order valence-electron chi connectivity index (χ4n) is 1.61. The van der Waals surface area contributed by atoms with Gasteiger partial charge in [-0.15, -0.1) is 11.3 Å². The Kier molecular flexibility index (Phi) is 3.04. The van der Waals surface area contributed by atoms with Gasteiger partial charge in [0.1, 0.15) is 0 Å². The van der Waals surface area contributed by atoms with Crippen molar-refractivity contribution in [3.63, 3.8) is 0 Å². The van der Waals surface area contributed by atoms with Crippen molar-refractivity contribution in [2.45, 2.75) is 0 Å². The maximum absolute atomic E-state index is 11.3. The zero-order chi connectivity index (χ0) is 11.8. The number of aromatic hydroxyl groups is 1. The molecular weight excluding hydrogens is 250 g/mol. The molecule has 1 fully saturated rings. The van der Waals surface area contributed by atoms with Crippen LogP contribution in [0.4, 0.5) is 5.13 Å². The lowest BCUT2D eigenvalue weighted by Gasteiger charge is -2.32. The lowest BCUT2D eigenvalue weighted by molar-refractivity contribution is 0.387. The van der Waals surface area contributed by atoms with Crippen LogP contribution in [0.2, 0.25) is 0 Å². The van der Waals surface area contributed by atoms with Crippen LogP contribution in [-0.4, -0.2) is 55.2 Å². The summed E-state index contributed by atoms with van der Waals surface area (Å²) in [6, 6.07) is 0. The third kappa shape index (κ3) is 2.45. The quantitative estimate of drug-likeness (QED) is 0.808. The maximum Gasteiger partial charge on any atom is 0.223 e. The zero-order valence-electron chi connectivity index (χ0n) is 8.83.